The van der Waals surface area contributed by atoms with Crippen molar-refractivity contribution in [2.24, 2.45) is 0 Å². The Kier molecular flexibility index (Phi) is 6.45. The maximum absolute atomic E-state index is 5.01. The third-order valence-electron chi connectivity index (χ3n) is 2.27. The molecule has 1 aromatic rings. The van der Waals surface area contributed by atoms with Gasteiger partial charge in [-0.05, 0) is 25.6 Å². The number of rotatable bonds is 7. The lowest BCUT2D eigenvalue weighted by molar-refractivity contribution is 0.218. The molecule has 0 spiro atoms. The molecule has 1 N–H and O–H groups in total. The fraction of sp³-hybridized carbons (Fsp3) is 0.583. The number of aromatic nitrogens is 1. The first-order valence-corrected chi connectivity index (χ1v) is 6.57. The third kappa shape index (κ3) is 4.51. The van der Waals surface area contributed by atoms with Crippen LogP contribution < -0.4 is 5.32 Å². The van der Waals surface area contributed by atoms with Gasteiger partial charge in [0.2, 0.25) is 0 Å². The molecular formula is C12H20N2OS. The van der Waals surface area contributed by atoms with Crippen LogP contribution in [0.25, 0.3) is 0 Å². The van der Waals surface area contributed by atoms with Crippen molar-refractivity contribution < 1.29 is 4.74 Å². The zero-order chi connectivity index (χ0) is 11.8. The van der Waals surface area contributed by atoms with E-state index >= 15 is 0 Å². The summed E-state index contributed by atoms with van der Waals surface area (Å²) in [6.07, 6.45) is 1.93. The summed E-state index contributed by atoms with van der Waals surface area (Å²) >= 11 is 1.77. The summed E-state index contributed by atoms with van der Waals surface area (Å²) in [6.45, 7) is 5.97. The average Bonchev–Trinajstić information content (AvgIpc) is 2.30. The zero-order valence-electron chi connectivity index (χ0n) is 10.2. The monoisotopic (exact) mass is 240 g/mol. The number of nitrogens with one attached hydrogen (secondary N) is 1. The minimum Gasteiger partial charge on any atom is -0.384 e. The maximum Gasteiger partial charge on any atom is 0.0571 e. The van der Waals surface area contributed by atoms with Crippen molar-refractivity contribution in [1.82, 2.24) is 10.3 Å². The van der Waals surface area contributed by atoms with Gasteiger partial charge < -0.3 is 10.1 Å². The standard InChI is InChI=1S/C12H20N2OS/c1-4-13-10(2)12-6-5-11(9-14-12)16-8-7-15-3/h5-6,9-10,13H,4,7-8H2,1-3H3. The Labute approximate surface area is 102 Å². The van der Waals surface area contributed by atoms with E-state index in [2.05, 4.69) is 36.3 Å². The van der Waals surface area contributed by atoms with Gasteiger partial charge in [0.25, 0.3) is 0 Å². The minimum absolute atomic E-state index is 0.322. The Balaban J connectivity index is 2.47. The van der Waals surface area contributed by atoms with E-state index in [0.29, 0.717) is 6.04 Å². The highest BCUT2D eigenvalue weighted by molar-refractivity contribution is 7.99. The summed E-state index contributed by atoms with van der Waals surface area (Å²) in [5.41, 5.74) is 1.10. The largest absolute Gasteiger partial charge is 0.384 e. The normalized spacial score (nSPS) is 12.7. The molecule has 0 saturated heterocycles. The van der Waals surface area contributed by atoms with E-state index in [4.69, 9.17) is 4.74 Å². The van der Waals surface area contributed by atoms with E-state index in [0.717, 1.165) is 24.6 Å². The first-order valence-electron chi connectivity index (χ1n) is 5.59. The highest BCUT2D eigenvalue weighted by atomic mass is 32.2. The van der Waals surface area contributed by atoms with Crippen molar-refractivity contribution in [3.63, 3.8) is 0 Å². The van der Waals surface area contributed by atoms with Crippen LogP contribution in [0.3, 0.4) is 0 Å². The van der Waals surface area contributed by atoms with Gasteiger partial charge in [0.15, 0.2) is 0 Å². The molecule has 0 amide bonds. The summed E-state index contributed by atoms with van der Waals surface area (Å²) in [6, 6.07) is 4.53. The Hall–Kier alpha value is -0.580. The molecule has 0 fully saturated rings. The van der Waals surface area contributed by atoms with Gasteiger partial charge in [-0.3, -0.25) is 4.98 Å². The zero-order valence-corrected chi connectivity index (χ0v) is 11.0. The lowest BCUT2D eigenvalue weighted by atomic mass is 10.2. The van der Waals surface area contributed by atoms with Crippen molar-refractivity contribution in [3.05, 3.63) is 24.0 Å². The molecule has 1 aromatic heterocycles. The fourth-order valence-electron chi connectivity index (χ4n) is 1.39. The lowest BCUT2D eigenvalue weighted by Crippen LogP contribution is -2.18. The van der Waals surface area contributed by atoms with Crippen LogP contribution in [-0.4, -0.2) is 31.0 Å². The van der Waals surface area contributed by atoms with E-state index in [1.807, 2.05) is 6.20 Å². The van der Waals surface area contributed by atoms with Gasteiger partial charge in [-0.25, -0.2) is 0 Å². The maximum atomic E-state index is 5.01. The lowest BCUT2D eigenvalue weighted by Gasteiger charge is -2.11. The highest BCUT2D eigenvalue weighted by Crippen LogP contribution is 2.18. The molecule has 1 unspecified atom stereocenters. The molecule has 0 aliphatic carbocycles. The highest BCUT2D eigenvalue weighted by Gasteiger charge is 2.04. The van der Waals surface area contributed by atoms with Gasteiger partial charge in [0, 0.05) is 30.0 Å². The molecule has 0 bridgehead atoms. The van der Waals surface area contributed by atoms with Crippen molar-refractivity contribution in [2.45, 2.75) is 24.8 Å². The van der Waals surface area contributed by atoms with Crippen molar-refractivity contribution >= 4 is 11.8 Å². The van der Waals surface area contributed by atoms with Gasteiger partial charge in [-0.15, -0.1) is 11.8 Å². The summed E-state index contributed by atoms with van der Waals surface area (Å²) in [5.74, 6) is 0.973. The number of ether oxygens (including phenoxy) is 1. The Morgan fingerprint density at radius 2 is 2.31 bits per heavy atom. The van der Waals surface area contributed by atoms with Gasteiger partial charge in [-0.1, -0.05) is 6.92 Å². The predicted octanol–water partition coefficient (Wildman–Crippen LogP) is 2.49. The Morgan fingerprint density at radius 1 is 1.50 bits per heavy atom. The van der Waals surface area contributed by atoms with E-state index in [1.54, 1.807) is 18.9 Å². The molecule has 0 aliphatic rings. The molecular weight excluding hydrogens is 220 g/mol. The van der Waals surface area contributed by atoms with Crippen molar-refractivity contribution in [3.8, 4) is 0 Å². The van der Waals surface area contributed by atoms with Crippen LogP contribution in [0.4, 0.5) is 0 Å². The van der Waals surface area contributed by atoms with Crippen LogP contribution >= 0.6 is 11.8 Å². The Morgan fingerprint density at radius 3 is 2.88 bits per heavy atom. The van der Waals surface area contributed by atoms with E-state index < -0.39 is 0 Å². The summed E-state index contributed by atoms with van der Waals surface area (Å²) < 4.78 is 5.01. The van der Waals surface area contributed by atoms with Crippen LogP contribution in [0.1, 0.15) is 25.6 Å². The molecule has 3 nitrogen and oxygen atoms in total. The Bertz CT molecular complexity index is 290. The molecule has 0 aliphatic heterocycles. The van der Waals surface area contributed by atoms with Crippen molar-refractivity contribution in [2.75, 3.05) is 26.0 Å². The molecule has 1 rings (SSSR count). The SMILES string of the molecule is CCNC(C)c1ccc(SCCOC)cn1. The number of pyridine rings is 1. The molecule has 16 heavy (non-hydrogen) atoms. The van der Waals surface area contributed by atoms with Gasteiger partial charge in [0.05, 0.1) is 12.3 Å². The molecule has 0 radical (unpaired) electrons. The second-order valence-corrected chi connectivity index (χ2v) is 4.71. The summed E-state index contributed by atoms with van der Waals surface area (Å²) in [7, 11) is 1.72. The van der Waals surface area contributed by atoms with Crippen LogP contribution in [-0.2, 0) is 4.74 Å². The molecule has 4 heteroatoms. The topological polar surface area (TPSA) is 34.1 Å². The fourth-order valence-corrected chi connectivity index (χ4v) is 2.16. The van der Waals surface area contributed by atoms with Gasteiger partial charge in [-0.2, -0.15) is 0 Å². The van der Waals surface area contributed by atoms with Crippen LogP contribution in [0.15, 0.2) is 23.2 Å². The molecule has 90 valence electrons. The number of thioether (sulfide) groups is 1. The molecule has 0 saturated carbocycles. The first kappa shape index (κ1) is 13.5. The number of hydrogen-bond donors (Lipinski definition) is 1. The summed E-state index contributed by atoms with van der Waals surface area (Å²) in [5, 5.41) is 3.34. The number of nitrogens with zero attached hydrogens (tertiary/aromatic N) is 1. The number of hydrogen-bond acceptors (Lipinski definition) is 4. The number of methoxy groups -OCH3 is 1. The second kappa shape index (κ2) is 7.65. The minimum atomic E-state index is 0.322. The quantitative estimate of drug-likeness (QED) is 0.586. The predicted molar refractivity (Wildman–Crippen MR) is 68.9 cm³/mol. The van der Waals surface area contributed by atoms with Crippen molar-refractivity contribution in [1.29, 1.82) is 0 Å². The second-order valence-electron chi connectivity index (χ2n) is 3.54. The smallest absolute Gasteiger partial charge is 0.0571 e. The molecule has 0 aromatic carbocycles. The van der Waals surface area contributed by atoms with E-state index in [-0.39, 0.29) is 0 Å². The molecule has 1 heterocycles. The molecule has 1 atom stereocenters. The van der Waals surface area contributed by atoms with Crippen LogP contribution in [0.5, 0.6) is 0 Å². The van der Waals surface area contributed by atoms with Gasteiger partial charge >= 0.3 is 0 Å². The summed E-state index contributed by atoms with van der Waals surface area (Å²) in [4.78, 5) is 5.65. The van der Waals surface area contributed by atoms with Crippen LogP contribution in [0.2, 0.25) is 0 Å². The third-order valence-corrected chi connectivity index (χ3v) is 3.21. The van der Waals surface area contributed by atoms with E-state index in [1.165, 1.54) is 4.90 Å². The average molecular weight is 240 g/mol. The van der Waals surface area contributed by atoms with E-state index in [9.17, 15) is 0 Å². The van der Waals surface area contributed by atoms with Crippen LogP contribution in [0, 0.1) is 0 Å². The first-order chi connectivity index (χ1) is 7.77. The van der Waals surface area contributed by atoms with Gasteiger partial charge in [0.1, 0.15) is 0 Å².